The summed E-state index contributed by atoms with van der Waals surface area (Å²) in [7, 11) is 1.66. The third-order valence-corrected chi connectivity index (χ3v) is 4.12. The minimum atomic E-state index is -0.987. The molecule has 1 amide bonds. The van der Waals surface area contributed by atoms with Gasteiger partial charge in [-0.15, -0.1) is 0 Å². The molecule has 2 fully saturated rings. The number of carboxylic acid groups (broad SMARTS) is 1. The molecule has 2 rings (SSSR count). The highest BCUT2D eigenvalue weighted by Gasteiger charge is 2.46. The zero-order valence-electron chi connectivity index (χ0n) is 11.5. The van der Waals surface area contributed by atoms with Crippen molar-refractivity contribution in [1.82, 2.24) is 4.90 Å². The molecule has 0 bridgehead atoms. The Labute approximate surface area is 112 Å². The van der Waals surface area contributed by atoms with Crippen LogP contribution in [0.5, 0.6) is 0 Å². The van der Waals surface area contributed by atoms with Gasteiger partial charge in [0.1, 0.15) is 12.2 Å². The van der Waals surface area contributed by atoms with E-state index in [-0.39, 0.29) is 18.1 Å². The maximum Gasteiger partial charge on any atom is 0.329 e. The normalized spacial score (nSPS) is 23.4. The summed E-state index contributed by atoms with van der Waals surface area (Å²) in [6, 6.07) is 0. The van der Waals surface area contributed by atoms with E-state index in [2.05, 4.69) is 0 Å². The lowest BCUT2D eigenvalue weighted by molar-refractivity contribution is -0.178. The van der Waals surface area contributed by atoms with Crippen molar-refractivity contribution in [2.24, 2.45) is 0 Å². The number of carboxylic acids is 1. The van der Waals surface area contributed by atoms with Gasteiger partial charge in [-0.25, -0.2) is 4.79 Å². The van der Waals surface area contributed by atoms with Crippen LogP contribution in [0.1, 0.15) is 32.6 Å². The fourth-order valence-corrected chi connectivity index (χ4v) is 2.68. The van der Waals surface area contributed by atoms with E-state index < -0.39 is 11.6 Å². The lowest BCUT2D eigenvalue weighted by Gasteiger charge is -2.49. The summed E-state index contributed by atoms with van der Waals surface area (Å²) in [5, 5.41) is 8.57. The van der Waals surface area contributed by atoms with Crippen molar-refractivity contribution in [2.45, 2.75) is 43.8 Å². The highest BCUT2D eigenvalue weighted by atomic mass is 16.5. The first-order valence-corrected chi connectivity index (χ1v) is 6.57. The summed E-state index contributed by atoms with van der Waals surface area (Å²) in [6.07, 6.45) is 3.41. The van der Waals surface area contributed by atoms with Crippen LogP contribution >= 0.6 is 0 Å². The number of amides is 1. The van der Waals surface area contributed by atoms with Crippen LogP contribution in [-0.4, -0.2) is 59.9 Å². The molecule has 0 radical (unpaired) electrons. The van der Waals surface area contributed by atoms with E-state index >= 15 is 0 Å². The minimum Gasteiger partial charge on any atom is -0.480 e. The van der Waals surface area contributed by atoms with Crippen molar-refractivity contribution in [1.29, 1.82) is 0 Å². The number of nitrogens with zero attached hydrogens (tertiary/aromatic N) is 1. The number of carbonyl (C=O) groups is 2. The third kappa shape index (κ3) is 3.06. The summed E-state index contributed by atoms with van der Waals surface area (Å²) in [5.41, 5.74) is -0.779. The molecule has 0 spiro atoms. The van der Waals surface area contributed by atoms with Crippen LogP contribution in [0.25, 0.3) is 0 Å². The Bertz CT molecular complexity index is 366. The van der Waals surface area contributed by atoms with E-state index in [1.807, 2.05) is 6.92 Å². The Morgan fingerprint density at radius 2 is 1.95 bits per heavy atom. The molecule has 0 aromatic heterocycles. The number of hydrogen-bond donors (Lipinski definition) is 1. The van der Waals surface area contributed by atoms with E-state index in [4.69, 9.17) is 14.6 Å². The Morgan fingerprint density at radius 3 is 2.37 bits per heavy atom. The molecule has 0 aromatic carbocycles. The number of hydrogen-bond acceptors (Lipinski definition) is 4. The first kappa shape index (κ1) is 14.3. The second kappa shape index (κ2) is 5.09. The van der Waals surface area contributed by atoms with Crippen molar-refractivity contribution >= 4 is 11.9 Å². The number of likely N-dealkylation sites (tertiary alicyclic amines) is 1. The van der Waals surface area contributed by atoms with Crippen LogP contribution in [0.15, 0.2) is 0 Å². The van der Waals surface area contributed by atoms with E-state index in [1.54, 1.807) is 12.0 Å². The highest BCUT2D eigenvalue weighted by Crippen LogP contribution is 2.39. The monoisotopic (exact) mass is 271 g/mol. The van der Waals surface area contributed by atoms with Crippen LogP contribution in [-0.2, 0) is 19.1 Å². The highest BCUT2D eigenvalue weighted by molar-refractivity contribution is 5.78. The van der Waals surface area contributed by atoms with Gasteiger partial charge in [0, 0.05) is 7.11 Å². The van der Waals surface area contributed by atoms with Crippen molar-refractivity contribution in [2.75, 3.05) is 26.8 Å². The largest absolute Gasteiger partial charge is 0.480 e. The van der Waals surface area contributed by atoms with Gasteiger partial charge in [-0.2, -0.15) is 0 Å². The molecule has 6 heteroatoms. The van der Waals surface area contributed by atoms with Crippen LogP contribution in [0, 0.1) is 0 Å². The summed E-state index contributed by atoms with van der Waals surface area (Å²) in [6.45, 7) is 2.42. The Morgan fingerprint density at radius 1 is 1.32 bits per heavy atom. The minimum absolute atomic E-state index is 0.0675. The molecular weight excluding hydrogens is 250 g/mol. The molecule has 1 heterocycles. The van der Waals surface area contributed by atoms with Crippen LogP contribution in [0.2, 0.25) is 0 Å². The number of methoxy groups -OCH3 is 1. The second-order valence-electron chi connectivity index (χ2n) is 5.80. The molecule has 1 saturated carbocycles. The summed E-state index contributed by atoms with van der Waals surface area (Å²) < 4.78 is 10.7. The quantitative estimate of drug-likeness (QED) is 0.767. The van der Waals surface area contributed by atoms with Crippen LogP contribution < -0.4 is 0 Å². The SMILES string of the molecule is COC1(CC(=O)N2CC(C)(OCC(=O)O)C2)CCC1. The lowest BCUT2D eigenvalue weighted by Crippen LogP contribution is -2.64. The van der Waals surface area contributed by atoms with Crippen LogP contribution in [0.4, 0.5) is 0 Å². The maximum absolute atomic E-state index is 12.1. The molecular formula is C13H21NO5. The predicted molar refractivity (Wildman–Crippen MR) is 66.8 cm³/mol. The van der Waals surface area contributed by atoms with Gasteiger partial charge >= 0.3 is 5.97 Å². The average Bonchev–Trinajstić information content (AvgIpc) is 2.27. The molecule has 1 saturated heterocycles. The van der Waals surface area contributed by atoms with Gasteiger partial charge in [0.15, 0.2) is 0 Å². The van der Waals surface area contributed by atoms with Gasteiger partial charge in [0.2, 0.25) is 5.91 Å². The molecule has 6 nitrogen and oxygen atoms in total. The first-order valence-electron chi connectivity index (χ1n) is 6.57. The zero-order chi connectivity index (χ0) is 14.1. The molecule has 108 valence electrons. The Balaban J connectivity index is 1.76. The number of rotatable bonds is 6. The van der Waals surface area contributed by atoms with Gasteiger partial charge in [-0.3, -0.25) is 4.79 Å². The molecule has 0 unspecified atom stereocenters. The van der Waals surface area contributed by atoms with Crippen molar-refractivity contribution in [3.05, 3.63) is 0 Å². The molecule has 1 N–H and O–H groups in total. The van der Waals surface area contributed by atoms with E-state index in [0.29, 0.717) is 19.5 Å². The predicted octanol–water partition coefficient (Wildman–Crippen LogP) is 0.648. The average molecular weight is 271 g/mol. The van der Waals surface area contributed by atoms with E-state index in [0.717, 1.165) is 19.3 Å². The molecule has 2 aliphatic rings. The van der Waals surface area contributed by atoms with Gasteiger partial charge in [-0.05, 0) is 26.2 Å². The van der Waals surface area contributed by atoms with Crippen molar-refractivity contribution in [3.63, 3.8) is 0 Å². The summed E-state index contributed by atoms with van der Waals surface area (Å²) in [5.74, 6) is -0.920. The molecule has 0 atom stereocenters. The van der Waals surface area contributed by atoms with Gasteiger partial charge in [0.25, 0.3) is 0 Å². The van der Waals surface area contributed by atoms with Gasteiger partial charge in [0.05, 0.1) is 25.1 Å². The van der Waals surface area contributed by atoms with E-state index in [1.165, 1.54) is 0 Å². The molecule has 1 aliphatic heterocycles. The summed E-state index contributed by atoms with van der Waals surface area (Å²) >= 11 is 0. The smallest absolute Gasteiger partial charge is 0.329 e. The number of aliphatic carboxylic acids is 1. The molecule has 1 aliphatic carbocycles. The zero-order valence-corrected chi connectivity index (χ0v) is 11.5. The summed E-state index contributed by atoms with van der Waals surface area (Å²) in [4.78, 5) is 24.3. The standard InChI is InChI=1S/C13H21NO5/c1-12(19-7-11(16)17)8-14(9-12)10(15)6-13(18-2)4-3-5-13/h3-9H2,1-2H3,(H,16,17). The fraction of sp³-hybridized carbons (Fsp3) is 0.846. The Hall–Kier alpha value is -1.14. The number of ether oxygens (including phenoxy) is 2. The molecule has 0 aromatic rings. The van der Waals surface area contributed by atoms with Crippen molar-refractivity contribution in [3.8, 4) is 0 Å². The van der Waals surface area contributed by atoms with Gasteiger partial charge < -0.3 is 19.5 Å². The Kier molecular flexibility index (Phi) is 3.82. The lowest BCUT2D eigenvalue weighted by atomic mass is 9.77. The molecule has 19 heavy (non-hydrogen) atoms. The van der Waals surface area contributed by atoms with E-state index in [9.17, 15) is 9.59 Å². The first-order chi connectivity index (χ1) is 8.88. The van der Waals surface area contributed by atoms with Gasteiger partial charge in [-0.1, -0.05) is 0 Å². The topological polar surface area (TPSA) is 76.1 Å². The number of carbonyl (C=O) groups excluding carboxylic acids is 1. The van der Waals surface area contributed by atoms with Crippen molar-refractivity contribution < 1.29 is 24.2 Å². The second-order valence-corrected chi connectivity index (χ2v) is 5.80. The third-order valence-electron chi connectivity index (χ3n) is 4.12. The maximum atomic E-state index is 12.1. The fourth-order valence-electron chi connectivity index (χ4n) is 2.68. The van der Waals surface area contributed by atoms with Crippen LogP contribution in [0.3, 0.4) is 0 Å².